The van der Waals surface area contributed by atoms with Crippen molar-refractivity contribution in [1.82, 2.24) is 0 Å². The maximum Gasteiger partial charge on any atom is 0.0698 e. The molecule has 1 heterocycles. The Morgan fingerprint density at radius 1 is 1.47 bits per heavy atom. The van der Waals surface area contributed by atoms with E-state index in [0.717, 1.165) is 15.7 Å². The Bertz CT molecular complexity index is 512. The van der Waals surface area contributed by atoms with Gasteiger partial charge in [0, 0.05) is 9.49 Å². The van der Waals surface area contributed by atoms with Gasteiger partial charge in [0.05, 0.1) is 17.7 Å². The number of halogens is 1. The van der Waals surface area contributed by atoms with Gasteiger partial charge in [-0.05, 0) is 46.6 Å². The van der Waals surface area contributed by atoms with Crippen LogP contribution in [0.5, 0.6) is 0 Å². The minimum Gasteiger partial charge on any atom is -0.548 e. The molecule has 0 saturated heterocycles. The molecule has 4 heteroatoms. The van der Waals surface area contributed by atoms with E-state index in [0.29, 0.717) is 0 Å². The van der Waals surface area contributed by atoms with Gasteiger partial charge in [-0.15, -0.1) is 0 Å². The van der Waals surface area contributed by atoms with Crippen molar-refractivity contribution in [2.75, 3.05) is 5.32 Å². The van der Waals surface area contributed by atoms with E-state index in [1.54, 1.807) is 0 Å². The Labute approximate surface area is 113 Å². The minimum absolute atomic E-state index is 0.0886. The lowest BCUT2D eigenvalue weighted by atomic mass is 9.79. The number of carboxylic acid groups (broad SMARTS) is 1. The molecule has 17 heavy (non-hydrogen) atoms. The third kappa shape index (κ3) is 1.66. The second-order valence-corrected chi connectivity index (χ2v) is 5.66. The molecule has 0 bridgehead atoms. The predicted octanol–water partition coefficient (Wildman–Crippen LogP) is 1.49. The van der Waals surface area contributed by atoms with E-state index in [2.05, 4.69) is 46.1 Å². The number of rotatable bonds is 1. The molecule has 3 nitrogen and oxygen atoms in total. The number of para-hydroxylation sites is 1. The highest BCUT2D eigenvalue weighted by Gasteiger charge is 2.38. The predicted molar refractivity (Wildman–Crippen MR) is 71.6 cm³/mol. The van der Waals surface area contributed by atoms with Crippen molar-refractivity contribution in [3.8, 4) is 0 Å². The van der Waals surface area contributed by atoms with Crippen LogP contribution in [-0.4, -0.2) is 12.0 Å². The number of carbonyl (C=O) groups is 1. The van der Waals surface area contributed by atoms with E-state index in [9.17, 15) is 9.90 Å². The molecule has 0 amide bonds. The van der Waals surface area contributed by atoms with Gasteiger partial charge in [0.25, 0.3) is 0 Å². The Morgan fingerprint density at radius 3 is 3.06 bits per heavy atom. The van der Waals surface area contributed by atoms with Crippen LogP contribution in [-0.2, 0) is 4.79 Å². The van der Waals surface area contributed by atoms with Gasteiger partial charge >= 0.3 is 0 Å². The quantitative estimate of drug-likeness (QED) is 0.623. The van der Waals surface area contributed by atoms with Gasteiger partial charge in [0.15, 0.2) is 0 Å². The number of allylic oxidation sites excluding steroid dienone is 2. The second-order valence-electron chi connectivity index (χ2n) is 4.50. The van der Waals surface area contributed by atoms with Crippen LogP contribution in [0, 0.1) is 9.49 Å². The van der Waals surface area contributed by atoms with Crippen molar-refractivity contribution in [2.45, 2.75) is 18.4 Å². The topological polar surface area (TPSA) is 52.2 Å². The zero-order valence-electron chi connectivity index (χ0n) is 9.02. The molecule has 1 aromatic rings. The van der Waals surface area contributed by atoms with Crippen LogP contribution >= 0.6 is 22.6 Å². The van der Waals surface area contributed by atoms with Crippen LogP contribution in [0.3, 0.4) is 0 Å². The van der Waals surface area contributed by atoms with Crippen molar-refractivity contribution in [1.29, 1.82) is 0 Å². The van der Waals surface area contributed by atoms with Crippen molar-refractivity contribution in [3.63, 3.8) is 0 Å². The highest BCUT2D eigenvalue weighted by molar-refractivity contribution is 14.1. The number of carbonyl (C=O) groups excluding carboxylic acids is 1. The summed E-state index contributed by atoms with van der Waals surface area (Å²) >= 11 is 2.23. The first-order valence-electron chi connectivity index (χ1n) is 5.61. The first-order chi connectivity index (χ1) is 8.18. The summed E-state index contributed by atoms with van der Waals surface area (Å²) in [5.74, 6) is -0.705. The summed E-state index contributed by atoms with van der Waals surface area (Å²) in [5, 5.41) is 14.3. The lowest BCUT2D eigenvalue weighted by Gasteiger charge is -2.38. The number of anilines is 1. The number of carboxylic acids is 1. The standard InChI is InChI=1S/C13H12INO2/c14-10-6-2-5-8-7-3-1-4-9(7)12(13(16)17)15-11(8)10/h1-3,5-7,9,12,15H,4H2,(H,16,17)/p-1/t7-,9+,12-/m1/s1. The van der Waals surface area contributed by atoms with E-state index in [4.69, 9.17) is 0 Å². The molecule has 1 aromatic carbocycles. The van der Waals surface area contributed by atoms with Gasteiger partial charge in [-0.1, -0.05) is 24.3 Å². The summed E-state index contributed by atoms with van der Waals surface area (Å²) in [4.78, 5) is 11.2. The fourth-order valence-corrected chi connectivity index (χ4v) is 3.49. The summed E-state index contributed by atoms with van der Waals surface area (Å²) < 4.78 is 1.06. The van der Waals surface area contributed by atoms with Gasteiger partial charge < -0.3 is 15.2 Å². The lowest BCUT2D eigenvalue weighted by Crippen LogP contribution is -2.49. The molecule has 0 fully saturated rings. The summed E-state index contributed by atoms with van der Waals surface area (Å²) in [7, 11) is 0. The molecule has 1 aliphatic heterocycles. The molecule has 0 aromatic heterocycles. The number of benzene rings is 1. The van der Waals surface area contributed by atoms with Gasteiger partial charge in [-0.25, -0.2) is 0 Å². The molecule has 0 spiro atoms. The fraction of sp³-hybridized carbons (Fsp3) is 0.308. The molecule has 3 atom stereocenters. The number of nitrogens with one attached hydrogen (secondary N) is 1. The summed E-state index contributed by atoms with van der Waals surface area (Å²) in [5.41, 5.74) is 2.16. The molecule has 1 N–H and O–H groups in total. The highest BCUT2D eigenvalue weighted by atomic mass is 127. The van der Waals surface area contributed by atoms with E-state index in [1.807, 2.05) is 12.1 Å². The van der Waals surface area contributed by atoms with Crippen molar-refractivity contribution in [2.24, 2.45) is 5.92 Å². The maximum atomic E-state index is 11.2. The zero-order valence-corrected chi connectivity index (χ0v) is 11.2. The molecule has 3 rings (SSSR count). The van der Waals surface area contributed by atoms with Crippen LogP contribution in [0.1, 0.15) is 17.9 Å². The van der Waals surface area contributed by atoms with Crippen LogP contribution < -0.4 is 10.4 Å². The monoisotopic (exact) mass is 340 g/mol. The number of fused-ring (bicyclic) bond motifs is 3. The SMILES string of the molecule is O=C([O-])[C@@H]1Nc2c(I)cccc2[C@H]2C=CC[C@@H]21. The first kappa shape index (κ1) is 11.1. The third-order valence-corrected chi connectivity index (χ3v) is 4.50. The molecule has 0 saturated carbocycles. The number of aliphatic carboxylic acids is 1. The normalized spacial score (nSPS) is 29.4. The van der Waals surface area contributed by atoms with Crippen molar-refractivity contribution < 1.29 is 9.90 Å². The van der Waals surface area contributed by atoms with E-state index in [-0.39, 0.29) is 11.8 Å². The summed E-state index contributed by atoms with van der Waals surface area (Å²) in [6.45, 7) is 0. The Kier molecular flexibility index (Phi) is 2.61. The molecule has 2 aliphatic rings. The Hall–Kier alpha value is -1.04. The van der Waals surface area contributed by atoms with Gasteiger partial charge in [0.1, 0.15) is 0 Å². The smallest absolute Gasteiger partial charge is 0.0698 e. The van der Waals surface area contributed by atoms with Gasteiger partial charge in [0.2, 0.25) is 0 Å². The van der Waals surface area contributed by atoms with E-state index >= 15 is 0 Å². The second kappa shape index (κ2) is 4.01. The van der Waals surface area contributed by atoms with Gasteiger partial charge in [-0.3, -0.25) is 0 Å². The van der Waals surface area contributed by atoms with Crippen LogP contribution in [0.15, 0.2) is 30.4 Å². The van der Waals surface area contributed by atoms with Gasteiger partial charge in [-0.2, -0.15) is 0 Å². The third-order valence-electron chi connectivity index (χ3n) is 3.60. The van der Waals surface area contributed by atoms with Crippen LogP contribution in [0.25, 0.3) is 0 Å². The Balaban J connectivity index is 2.12. The molecule has 1 aliphatic carbocycles. The van der Waals surface area contributed by atoms with Crippen molar-refractivity contribution >= 4 is 34.2 Å². The average molecular weight is 340 g/mol. The fourth-order valence-electron chi connectivity index (χ4n) is 2.82. The Morgan fingerprint density at radius 2 is 2.29 bits per heavy atom. The number of hydrogen-bond acceptors (Lipinski definition) is 3. The highest BCUT2D eigenvalue weighted by Crippen LogP contribution is 2.45. The summed E-state index contributed by atoms with van der Waals surface area (Å²) in [6, 6.07) is 5.49. The lowest BCUT2D eigenvalue weighted by molar-refractivity contribution is -0.308. The van der Waals surface area contributed by atoms with Crippen molar-refractivity contribution in [3.05, 3.63) is 39.5 Å². The molecule has 0 unspecified atom stereocenters. The van der Waals surface area contributed by atoms with Crippen LogP contribution in [0.4, 0.5) is 5.69 Å². The molecule has 0 radical (unpaired) electrons. The van der Waals surface area contributed by atoms with E-state index in [1.165, 1.54) is 5.56 Å². The molecule has 88 valence electrons. The van der Waals surface area contributed by atoms with E-state index < -0.39 is 12.0 Å². The average Bonchev–Trinajstić information content (AvgIpc) is 2.77. The van der Waals surface area contributed by atoms with Crippen LogP contribution in [0.2, 0.25) is 0 Å². The number of hydrogen-bond donors (Lipinski definition) is 1. The molecular weight excluding hydrogens is 329 g/mol. The maximum absolute atomic E-state index is 11.2. The largest absolute Gasteiger partial charge is 0.548 e. The summed E-state index contributed by atoms with van der Waals surface area (Å²) in [6.07, 6.45) is 5.00. The minimum atomic E-state index is -1.01. The molecular formula is C13H11INO2-. The zero-order chi connectivity index (χ0) is 12.0. The first-order valence-corrected chi connectivity index (χ1v) is 6.69.